The van der Waals surface area contributed by atoms with E-state index in [1.165, 1.54) is 0 Å². The minimum atomic E-state index is -2.06. The van der Waals surface area contributed by atoms with Gasteiger partial charge >= 0.3 is 12.0 Å². The Balaban J connectivity index is 1.13. The number of nitrogens with one attached hydrogen (secondary N) is 1. The molecule has 5 aliphatic rings. The Bertz CT molecular complexity index is 3160. The number of para-hydroxylation sites is 1. The molecule has 0 aromatic heterocycles. The summed E-state index contributed by atoms with van der Waals surface area (Å²) in [5, 5.41) is 23.1. The summed E-state index contributed by atoms with van der Waals surface area (Å²) in [4.78, 5) is 71.6. The Kier molecular flexibility index (Phi) is 13.8. The van der Waals surface area contributed by atoms with Crippen LogP contribution in [0.15, 0.2) is 152 Å². The normalized spacial score (nSPS) is 23.2. The van der Waals surface area contributed by atoms with Crippen LogP contribution in [0.4, 0.5) is 10.5 Å². The van der Waals surface area contributed by atoms with Crippen LogP contribution < -0.4 is 24.4 Å². The molecule has 0 bridgehead atoms. The van der Waals surface area contributed by atoms with Gasteiger partial charge in [0.1, 0.15) is 29.9 Å². The number of imide groups is 1. The highest BCUT2D eigenvalue weighted by Gasteiger charge is 2.76. The number of benzene rings is 6. The lowest BCUT2D eigenvalue weighted by Crippen LogP contribution is -2.59. The molecule has 15 nitrogen and oxygen atoms in total. The van der Waals surface area contributed by atoms with Crippen LogP contribution in [0.1, 0.15) is 76.5 Å². The summed E-state index contributed by atoms with van der Waals surface area (Å²) < 4.78 is 24.3. The summed E-state index contributed by atoms with van der Waals surface area (Å²) in [6.45, 7) is 3.46. The van der Waals surface area contributed by atoms with Gasteiger partial charge in [0.05, 0.1) is 42.9 Å². The number of rotatable bonds is 12. The Labute approximate surface area is 435 Å². The van der Waals surface area contributed by atoms with E-state index in [9.17, 15) is 10.2 Å². The molecular weight excluding hydrogens is 951 g/mol. The number of urea groups is 1. The van der Waals surface area contributed by atoms with Crippen LogP contribution in [0.2, 0.25) is 0 Å². The number of esters is 1. The van der Waals surface area contributed by atoms with Gasteiger partial charge in [-0.05, 0) is 71.1 Å². The zero-order chi connectivity index (χ0) is 51.6. The number of aliphatic hydroxyl groups is 2. The number of fused-ring (bicyclic) bond motifs is 4. The van der Waals surface area contributed by atoms with Crippen molar-refractivity contribution in [2.24, 2.45) is 5.92 Å². The van der Waals surface area contributed by atoms with Crippen LogP contribution in [-0.4, -0.2) is 108 Å². The number of amides is 4. The molecular formula is C60H57N5O10. The Hall–Kier alpha value is -8.00. The molecule has 382 valence electrons. The summed E-state index contributed by atoms with van der Waals surface area (Å²) in [6, 6.07) is 41.9. The summed E-state index contributed by atoms with van der Waals surface area (Å²) in [5.41, 5.74) is 2.68. The molecule has 5 aliphatic heterocycles. The number of carbonyl (C=O) groups is 4. The molecule has 75 heavy (non-hydrogen) atoms. The standard InChI is InChI=1S/C60H57N5O10/c1-39(42-16-5-2-6-17-42)61-59(71)64-47-26-24-40(15-13-14-32-66)35-46(47)60(58(64)70)51(56(68)63-30-28-62(29-31-63)37-41-25-27-49-50(36-41)74-38-73-49)53-57(69)75-54(44-20-9-4-10-21-44)52(43-18-7-3-8-19-43)65(53)55(60)45-22-11-12-23-48(45)72-34-33-67/h2-12,16-27,35-36,39,51-55,66-67H,14,28-34,37-38H2,1H3,(H,61,71)/t39-,51-,52-,53-,54+,55+,60-/m1/s1. The zero-order valence-corrected chi connectivity index (χ0v) is 41.4. The average Bonchev–Trinajstić information content (AvgIpc) is 4.21. The van der Waals surface area contributed by atoms with Crippen molar-refractivity contribution in [3.63, 3.8) is 0 Å². The molecule has 6 aromatic rings. The maximum absolute atomic E-state index is 16.9. The van der Waals surface area contributed by atoms with Crippen LogP contribution in [0.5, 0.6) is 17.2 Å². The minimum Gasteiger partial charge on any atom is -0.491 e. The number of piperazine rings is 1. The van der Waals surface area contributed by atoms with Gasteiger partial charge in [0.2, 0.25) is 18.6 Å². The first-order valence-corrected chi connectivity index (χ1v) is 25.5. The maximum atomic E-state index is 16.9. The third-order valence-corrected chi connectivity index (χ3v) is 15.1. The molecule has 3 N–H and O–H groups in total. The number of carbonyl (C=O) groups excluding carboxylic acids is 4. The Morgan fingerprint density at radius 3 is 2.20 bits per heavy atom. The summed E-state index contributed by atoms with van der Waals surface area (Å²) in [6.07, 6.45) is -0.761. The Morgan fingerprint density at radius 1 is 0.773 bits per heavy atom. The van der Waals surface area contributed by atoms with Gasteiger partial charge in [0, 0.05) is 50.3 Å². The molecule has 3 saturated heterocycles. The fraction of sp³-hybridized carbons (Fsp3) is 0.300. The van der Waals surface area contributed by atoms with Crippen molar-refractivity contribution in [3.05, 3.63) is 191 Å². The predicted molar refractivity (Wildman–Crippen MR) is 277 cm³/mol. The molecule has 6 aromatic carbocycles. The second-order valence-electron chi connectivity index (χ2n) is 19.4. The third-order valence-electron chi connectivity index (χ3n) is 15.1. The second kappa shape index (κ2) is 21.1. The second-order valence-corrected chi connectivity index (χ2v) is 19.4. The number of hydrogen-bond donors (Lipinski definition) is 3. The average molecular weight is 1010 g/mol. The van der Waals surface area contributed by atoms with Crippen molar-refractivity contribution in [1.29, 1.82) is 0 Å². The fourth-order valence-electron chi connectivity index (χ4n) is 11.8. The quantitative estimate of drug-likeness (QED) is 0.0849. The van der Waals surface area contributed by atoms with Crippen molar-refractivity contribution in [2.75, 3.05) is 57.7 Å². The van der Waals surface area contributed by atoms with Gasteiger partial charge in [-0.3, -0.25) is 24.2 Å². The molecule has 0 unspecified atom stereocenters. The van der Waals surface area contributed by atoms with Crippen molar-refractivity contribution in [3.8, 4) is 29.1 Å². The lowest BCUT2D eigenvalue weighted by atomic mass is 9.64. The highest BCUT2D eigenvalue weighted by Crippen LogP contribution is 2.67. The molecule has 0 saturated carbocycles. The van der Waals surface area contributed by atoms with Crippen molar-refractivity contribution >= 4 is 29.5 Å². The van der Waals surface area contributed by atoms with Gasteiger partial charge in [-0.25, -0.2) is 9.69 Å². The number of aliphatic hydroxyl groups excluding tert-OH is 2. The van der Waals surface area contributed by atoms with E-state index >= 15 is 19.2 Å². The van der Waals surface area contributed by atoms with Crippen molar-refractivity contribution in [1.82, 2.24) is 20.0 Å². The zero-order valence-electron chi connectivity index (χ0n) is 41.4. The maximum Gasteiger partial charge on any atom is 0.329 e. The molecule has 4 amide bonds. The van der Waals surface area contributed by atoms with E-state index in [0.717, 1.165) is 21.6 Å². The van der Waals surface area contributed by atoms with Gasteiger partial charge in [-0.15, -0.1) is 0 Å². The molecule has 0 radical (unpaired) electrons. The van der Waals surface area contributed by atoms with Gasteiger partial charge in [0.25, 0.3) is 0 Å². The number of morpholine rings is 1. The Morgan fingerprint density at radius 2 is 1.47 bits per heavy atom. The highest BCUT2D eigenvalue weighted by molar-refractivity contribution is 6.24. The molecule has 15 heteroatoms. The number of anilines is 1. The molecule has 11 rings (SSSR count). The van der Waals surface area contributed by atoms with E-state index in [-0.39, 0.29) is 51.8 Å². The minimum absolute atomic E-state index is 0.100. The lowest BCUT2D eigenvalue weighted by molar-refractivity contribution is -0.179. The SMILES string of the molecule is C[C@@H](NC(=O)N1C(=O)[C@@]2(c3cc(C#CCCO)ccc31)[C@H](c1ccccc1OCCO)N1[C@H](c3ccccc3)[C@H](c3ccccc3)OC(=O)[C@H]1[C@@H]2C(=O)N1CCN(Cc2ccc3c(c2)OCO3)CC1)c1ccccc1. The van der Waals surface area contributed by atoms with E-state index in [4.69, 9.17) is 18.9 Å². The third kappa shape index (κ3) is 8.93. The van der Waals surface area contributed by atoms with E-state index in [1.807, 2.05) is 133 Å². The first kappa shape index (κ1) is 49.2. The predicted octanol–water partition coefficient (Wildman–Crippen LogP) is 7.00. The van der Waals surface area contributed by atoms with E-state index in [2.05, 4.69) is 22.1 Å². The molecule has 1 spiro atoms. The van der Waals surface area contributed by atoms with E-state index in [1.54, 1.807) is 35.2 Å². The lowest BCUT2D eigenvalue weighted by Gasteiger charge is -2.46. The highest BCUT2D eigenvalue weighted by atomic mass is 16.7. The topological polar surface area (TPSA) is 171 Å². The summed E-state index contributed by atoms with van der Waals surface area (Å²) in [7, 11) is 0. The smallest absolute Gasteiger partial charge is 0.329 e. The first-order chi connectivity index (χ1) is 36.7. The van der Waals surface area contributed by atoms with Crippen molar-refractivity contribution in [2.45, 2.75) is 55.6 Å². The number of nitrogens with zero attached hydrogens (tertiary/aromatic N) is 4. The van der Waals surface area contributed by atoms with Crippen molar-refractivity contribution < 1.29 is 48.3 Å². The van der Waals surface area contributed by atoms with Gasteiger partial charge in [-0.1, -0.05) is 127 Å². The van der Waals surface area contributed by atoms with Crippen LogP contribution >= 0.6 is 0 Å². The molecule has 5 heterocycles. The van der Waals surface area contributed by atoms with E-state index in [0.29, 0.717) is 59.1 Å². The molecule has 3 fully saturated rings. The number of ether oxygens (including phenoxy) is 4. The molecule has 0 aliphatic carbocycles. The van der Waals surface area contributed by atoms with Crippen LogP contribution in [-0.2, 0) is 31.1 Å². The summed E-state index contributed by atoms with van der Waals surface area (Å²) >= 11 is 0. The van der Waals surface area contributed by atoms with Gasteiger partial charge in [0.15, 0.2) is 11.5 Å². The molecule has 7 atom stereocenters. The first-order valence-electron chi connectivity index (χ1n) is 25.5. The number of hydrogen-bond acceptors (Lipinski definition) is 12. The van der Waals surface area contributed by atoms with Gasteiger partial charge in [-0.2, -0.15) is 0 Å². The van der Waals surface area contributed by atoms with Crippen LogP contribution in [0.3, 0.4) is 0 Å². The monoisotopic (exact) mass is 1010 g/mol. The number of cyclic esters (lactones) is 1. The fourth-order valence-corrected chi connectivity index (χ4v) is 11.8. The van der Waals surface area contributed by atoms with Crippen LogP contribution in [0.25, 0.3) is 0 Å². The van der Waals surface area contributed by atoms with Gasteiger partial charge < -0.3 is 39.4 Å². The van der Waals surface area contributed by atoms with E-state index < -0.39 is 65.4 Å². The van der Waals surface area contributed by atoms with Crippen LogP contribution in [0, 0.1) is 17.8 Å². The summed E-state index contributed by atoms with van der Waals surface area (Å²) in [5.74, 6) is 4.47. The largest absolute Gasteiger partial charge is 0.491 e.